The van der Waals surface area contributed by atoms with E-state index in [1.165, 1.54) is 68.6 Å². The van der Waals surface area contributed by atoms with Gasteiger partial charge in [-0.05, 0) is 43.7 Å². The Morgan fingerprint density at radius 2 is 1.34 bits per heavy atom. The zero-order chi connectivity index (χ0) is 55.8. The van der Waals surface area contributed by atoms with Crippen LogP contribution in [0.1, 0.15) is 122 Å². The van der Waals surface area contributed by atoms with Crippen LogP contribution in [0.3, 0.4) is 0 Å². The van der Waals surface area contributed by atoms with E-state index in [0.29, 0.717) is 88.3 Å². The van der Waals surface area contributed by atoms with E-state index in [4.69, 9.17) is 35.4 Å². The summed E-state index contributed by atoms with van der Waals surface area (Å²) in [4.78, 5) is 134. The third-order valence-corrected chi connectivity index (χ3v) is 18.6. The van der Waals surface area contributed by atoms with Crippen molar-refractivity contribution in [2.24, 2.45) is 22.6 Å². The lowest BCUT2D eigenvalue weighted by atomic mass is 10.0. The molecule has 0 aromatic carbocycles. The zero-order valence-corrected chi connectivity index (χ0v) is 48.0. The van der Waals surface area contributed by atoms with Gasteiger partial charge in [0.2, 0.25) is 23.6 Å². The second-order valence-corrected chi connectivity index (χ2v) is 24.8. The van der Waals surface area contributed by atoms with Gasteiger partial charge in [0.25, 0.3) is 23.6 Å². The summed E-state index contributed by atoms with van der Waals surface area (Å²) in [5.74, 6) is -3.45. The molecule has 7 aromatic heterocycles. The Morgan fingerprint density at radius 3 is 2.08 bits per heavy atom. The maximum Gasteiger partial charge on any atom is 0.271 e. The molecule has 1 fully saturated rings. The van der Waals surface area contributed by atoms with Gasteiger partial charge in [-0.3, -0.25) is 33.6 Å². The van der Waals surface area contributed by atoms with Gasteiger partial charge in [-0.2, -0.15) is 0 Å². The molecule has 5 atom stereocenters. The summed E-state index contributed by atoms with van der Waals surface area (Å²) in [5.41, 5.74) is 8.67. The van der Waals surface area contributed by atoms with Crippen molar-refractivity contribution in [2.45, 2.75) is 84.1 Å². The first-order valence-corrected chi connectivity index (χ1v) is 30.1. The number of carbonyl (C=O) groups is 7. The van der Waals surface area contributed by atoms with E-state index in [1.807, 2.05) is 44.5 Å². The number of aromatic nitrogens is 7. The minimum atomic E-state index is -0.955. The molecule has 3 aliphatic rings. The highest BCUT2D eigenvalue weighted by Crippen LogP contribution is 2.39. The topological polar surface area (TPSA) is 321 Å². The van der Waals surface area contributed by atoms with Crippen molar-refractivity contribution >= 4 is 115 Å². The summed E-state index contributed by atoms with van der Waals surface area (Å²) in [5, 5.41) is 25.8. The number of aryl methyl sites for hydroxylation is 1. The molecule has 0 radical (unpaired) electrons. The van der Waals surface area contributed by atoms with Crippen LogP contribution >= 0.6 is 68.0 Å². The number of nitrogens with zero attached hydrogens (tertiary/aromatic N) is 9. The summed E-state index contributed by atoms with van der Waals surface area (Å²) in [6, 6.07) is -0.0326. The predicted molar refractivity (Wildman–Crippen MR) is 300 cm³/mol. The molecule has 29 heteroatoms. The minimum Gasteiger partial charge on any atom is -0.473 e. The summed E-state index contributed by atoms with van der Waals surface area (Å²) in [6.45, 7) is 9.50. The Balaban J connectivity index is 1.00. The molecule has 10 rings (SSSR count). The monoisotopic (exact) mass is 1180 g/mol. The van der Waals surface area contributed by atoms with Gasteiger partial charge in [-0.15, -0.1) is 68.0 Å². The van der Waals surface area contributed by atoms with Crippen molar-refractivity contribution < 1.29 is 38.3 Å². The molecular formula is C50H51N15O8S6. The summed E-state index contributed by atoms with van der Waals surface area (Å²) < 4.78 is 5.88. The Morgan fingerprint density at radius 1 is 0.709 bits per heavy atom. The molecule has 79 heavy (non-hydrogen) atoms. The van der Waals surface area contributed by atoms with Gasteiger partial charge < -0.3 is 42.0 Å². The average molecular weight is 1180 g/mol. The van der Waals surface area contributed by atoms with Gasteiger partial charge in [0.1, 0.15) is 82.6 Å². The van der Waals surface area contributed by atoms with Crippen LogP contribution in [0.4, 0.5) is 0 Å². The van der Waals surface area contributed by atoms with Crippen molar-refractivity contribution in [3.05, 3.63) is 81.7 Å². The number of fused-ring (bicyclic) bond motifs is 14. The van der Waals surface area contributed by atoms with Crippen molar-refractivity contribution in [3.8, 4) is 43.4 Å². The number of rotatable bonds is 8. The molecule has 0 saturated carbocycles. The molecule has 410 valence electrons. The average Bonchev–Trinajstić information content (AvgIpc) is 4.30. The number of nitrogens with two attached hydrogens (primary N) is 1. The largest absolute Gasteiger partial charge is 0.473 e. The smallest absolute Gasteiger partial charge is 0.271 e. The molecule has 3 unspecified atom stereocenters. The molecule has 7 amide bonds. The van der Waals surface area contributed by atoms with E-state index in [2.05, 4.69) is 41.5 Å². The Kier molecular flexibility index (Phi) is 16.1. The number of likely N-dealkylation sites (tertiary alicyclic amines) is 1. The van der Waals surface area contributed by atoms with E-state index in [0.717, 1.165) is 11.3 Å². The third kappa shape index (κ3) is 11.7. The molecule has 23 nitrogen and oxygen atoms in total. The first kappa shape index (κ1) is 55.0. The van der Waals surface area contributed by atoms with Gasteiger partial charge >= 0.3 is 0 Å². The van der Waals surface area contributed by atoms with Crippen molar-refractivity contribution in [1.29, 1.82) is 0 Å². The van der Waals surface area contributed by atoms with Crippen molar-refractivity contribution in [1.82, 2.24) is 66.4 Å². The molecule has 1 saturated heterocycles. The highest BCUT2D eigenvalue weighted by molar-refractivity contribution is 7.15. The summed E-state index contributed by atoms with van der Waals surface area (Å²) >= 11 is 7.54. The molecule has 0 spiro atoms. The van der Waals surface area contributed by atoms with Crippen LogP contribution in [0.25, 0.3) is 43.4 Å². The lowest BCUT2D eigenvalue weighted by molar-refractivity contribution is -0.138. The van der Waals surface area contributed by atoms with Crippen LogP contribution < -0.4 is 32.3 Å². The number of carbonyl (C=O) groups excluding carboxylic acids is 7. The minimum absolute atomic E-state index is 0.0141. The summed E-state index contributed by atoms with van der Waals surface area (Å²) in [7, 11) is 1.48. The lowest BCUT2D eigenvalue weighted by Gasteiger charge is -2.23. The SMILES string of the molecule is CNC(=O)CC1NC(=O)c2csc(n2)-c2ccc(-c3nc(C4=N[C@H](C(=O)N5CCC[C@H]5C(N)=O)CO4)cs3)nc2-c2csc(n2)-c2csc(n2)C(C(C)C)NC(=O)CNC(=O)c2csc(n2)C(C(C)C)NC(=O)c2nc1sc2C. The Labute approximate surface area is 475 Å². The van der Waals surface area contributed by atoms with Gasteiger partial charge in [0.15, 0.2) is 6.04 Å². The zero-order valence-electron chi connectivity index (χ0n) is 43.1. The summed E-state index contributed by atoms with van der Waals surface area (Å²) in [6.07, 6.45) is 0.968. The molecule has 7 N–H and O–H groups in total. The fourth-order valence-corrected chi connectivity index (χ4v) is 14.3. The highest BCUT2D eigenvalue weighted by atomic mass is 32.1. The van der Waals surface area contributed by atoms with E-state index in [1.54, 1.807) is 29.1 Å². The number of hydrogen-bond acceptors (Lipinski definition) is 22. The fraction of sp³-hybridized carbons (Fsp3) is 0.380. The third-order valence-electron chi connectivity index (χ3n) is 13.0. The first-order valence-electron chi connectivity index (χ1n) is 24.9. The number of ether oxygens (including phenoxy) is 1. The molecule has 10 heterocycles. The van der Waals surface area contributed by atoms with E-state index in [9.17, 15) is 33.6 Å². The van der Waals surface area contributed by atoms with Crippen LogP contribution in [0, 0.1) is 18.8 Å². The van der Waals surface area contributed by atoms with E-state index >= 15 is 0 Å². The quantitative estimate of drug-likeness (QED) is 0.106. The van der Waals surface area contributed by atoms with Crippen LogP contribution in [0.15, 0.2) is 44.0 Å². The molecule has 7 aromatic rings. The number of aliphatic imine (C=N–C) groups is 1. The van der Waals surface area contributed by atoms with Gasteiger partial charge in [0.05, 0.1) is 36.8 Å². The number of thiazole rings is 6. The lowest BCUT2D eigenvalue weighted by Crippen LogP contribution is -2.47. The van der Waals surface area contributed by atoms with Crippen LogP contribution in [-0.4, -0.2) is 126 Å². The highest BCUT2D eigenvalue weighted by Gasteiger charge is 2.39. The predicted octanol–water partition coefficient (Wildman–Crippen LogP) is 5.71. The Hall–Kier alpha value is -7.31. The molecular weight excluding hydrogens is 1130 g/mol. The second-order valence-electron chi connectivity index (χ2n) is 19.2. The van der Waals surface area contributed by atoms with Crippen molar-refractivity contribution in [2.75, 3.05) is 26.7 Å². The standard InChI is InChI=1S/C50H51N15O8S6/c1-20(2)35-48-61-31(19-78-48)46-57-27(15-75-46)38-23(9-10-24(54-38)45-60-30(18-76-45)43-56-26(14-73-43)50(72)65-11-7-8-32(65)39(51)68)44-58-29(17-74-44)41(70)55-25(12-33(66)52-6)47-64-37(22(5)79-47)42(71)63-36(21(3)4)49-59-28(16-77-49)40(69)53-13-34(67)62-35/h9-10,15-21,25-26,32,35-36H,7-8,11-14H2,1-6H3,(H2,51,68)(H,52,66)(H,53,69)(H,55,70)(H,62,67)(H,63,71)/t25?,26-,32-,35?,36?/m0/s1. The van der Waals surface area contributed by atoms with Gasteiger partial charge in [-0.1, -0.05) is 27.7 Å². The molecule has 3 aliphatic heterocycles. The van der Waals surface area contributed by atoms with Gasteiger partial charge in [0, 0.05) is 50.9 Å². The van der Waals surface area contributed by atoms with Crippen LogP contribution in [-0.2, 0) is 23.9 Å². The van der Waals surface area contributed by atoms with Crippen LogP contribution in [0.2, 0.25) is 0 Å². The van der Waals surface area contributed by atoms with Crippen LogP contribution in [0.5, 0.6) is 0 Å². The van der Waals surface area contributed by atoms with Gasteiger partial charge in [-0.25, -0.2) is 39.9 Å². The Bertz CT molecular complexity index is 3560. The number of primary amides is 1. The second kappa shape index (κ2) is 23.2. The number of nitrogens with one attached hydrogen (secondary N) is 5. The number of pyridine rings is 1. The first-order chi connectivity index (χ1) is 37.9. The van der Waals surface area contributed by atoms with Crippen molar-refractivity contribution in [3.63, 3.8) is 0 Å². The maximum absolute atomic E-state index is 14.2. The molecule has 0 aliphatic carbocycles. The number of amides is 7. The normalized spacial score (nSPS) is 20.0. The van der Waals surface area contributed by atoms with E-state index in [-0.39, 0.29) is 66.2 Å². The molecule has 10 bridgehead atoms. The maximum atomic E-state index is 14.2. The van der Waals surface area contributed by atoms with E-state index < -0.39 is 59.7 Å². The number of hydrogen-bond donors (Lipinski definition) is 6. The fourth-order valence-electron chi connectivity index (χ4n) is 8.87.